The summed E-state index contributed by atoms with van der Waals surface area (Å²) in [5, 5.41) is 3.54. The van der Waals surface area contributed by atoms with Gasteiger partial charge in [0.15, 0.2) is 0 Å². The first-order valence-electron chi connectivity index (χ1n) is 6.94. The standard InChI is InChI=1S/C15H19BrN2O/c1-10-4-5-12(16)7-13(10)15(19)18-8-11-3-2-6-17-14(11)9-18/h4-5,7,11,14,17H,2-3,6,8-9H2,1H3. The minimum absolute atomic E-state index is 0.176. The van der Waals surface area contributed by atoms with E-state index in [0.29, 0.717) is 12.0 Å². The van der Waals surface area contributed by atoms with Gasteiger partial charge in [0.25, 0.3) is 5.91 Å². The first kappa shape index (κ1) is 13.1. The van der Waals surface area contributed by atoms with Crippen molar-refractivity contribution in [1.29, 1.82) is 0 Å². The Morgan fingerprint density at radius 2 is 2.26 bits per heavy atom. The maximum atomic E-state index is 12.6. The molecule has 3 rings (SSSR count). The van der Waals surface area contributed by atoms with E-state index in [9.17, 15) is 4.79 Å². The molecule has 3 nitrogen and oxygen atoms in total. The van der Waals surface area contributed by atoms with Crippen LogP contribution >= 0.6 is 15.9 Å². The second kappa shape index (κ2) is 5.25. The second-order valence-electron chi connectivity index (χ2n) is 5.63. The fraction of sp³-hybridized carbons (Fsp3) is 0.533. The molecule has 0 aromatic heterocycles. The van der Waals surface area contributed by atoms with E-state index in [1.54, 1.807) is 0 Å². The van der Waals surface area contributed by atoms with Gasteiger partial charge in [-0.2, -0.15) is 0 Å². The molecule has 2 saturated heterocycles. The number of carbonyl (C=O) groups excluding carboxylic acids is 1. The van der Waals surface area contributed by atoms with Gasteiger partial charge in [0.05, 0.1) is 0 Å². The Bertz CT molecular complexity index is 489. The molecule has 2 unspecified atom stereocenters. The molecule has 2 heterocycles. The molecule has 0 radical (unpaired) electrons. The van der Waals surface area contributed by atoms with Crippen LogP contribution in [0.1, 0.15) is 28.8 Å². The molecule has 0 spiro atoms. The summed E-state index contributed by atoms with van der Waals surface area (Å²) >= 11 is 3.45. The summed E-state index contributed by atoms with van der Waals surface area (Å²) in [6, 6.07) is 6.42. The van der Waals surface area contributed by atoms with Crippen molar-refractivity contribution in [2.75, 3.05) is 19.6 Å². The van der Waals surface area contributed by atoms with Crippen molar-refractivity contribution in [1.82, 2.24) is 10.2 Å². The number of hydrogen-bond donors (Lipinski definition) is 1. The third-order valence-corrected chi connectivity index (χ3v) is 4.81. The maximum Gasteiger partial charge on any atom is 0.254 e. The number of hydrogen-bond acceptors (Lipinski definition) is 2. The van der Waals surface area contributed by atoms with E-state index >= 15 is 0 Å². The van der Waals surface area contributed by atoms with E-state index in [2.05, 4.69) is 21.2 Å². The minimum atomic E-state index is 0.176. The van der Waals surface area contributed by atoms with Crippen LogP contribution in [0.15, 0.2) is 22.7 Å². The minimum Gasteiger partial charge on any atom is -0.337 e. The number of nitrogens with zero attached hydrogens (tertiary/aromatic N) is 1. The summed E-state index contributed by atoms with van der Waals surface area (Å²) in [4.78, 5) is 14.7. The van der Waals surface area contributed by atoms with E-state index < -0.39 is 0 Å². The van der Waals surface area contributed by atoms with Crippen LogP contribution in [0.3, 0.4) is 0 Å². The zero-order valence-corrected chi connectivity index (χ0v) is 12.7. The molecule has 0 saturated carbocycles. The molecule has 2 aliphatic heterocycles. The van der Waals surface area contributed by atoms with Crippen molar-refractivity contribution in [3.8, 4) is 0 Å². The molecule has 2 atom stereocenters. The number of nitrogens with one attached hydrogen (secondary N) is 1. The average Bonchev–Trinajstić information content (AvgIpc) is 2.84. The number of benzene rings is 1. The molecule has 0 bridgehead atoms. The van der Waals surface area contributed by atoms with Crippen molar-refractivity contribution in [2.24, 2.45) is 5.92 Å². The number of halogens is 1. The monoisotopic (exact) mass is 322 g/mol. The molecule has 1 amide bonds. The lowest BCUT2D eigenvalue weighted by Gasteiger charge is -2.24. The Morgan fingerprint density at radius 1 is 1.42 bits per heavy atom. The molecule has 2 aliphatic rings. The van der Waals surface area contributed by atoms with Crippen LogP contribution in [-0.2, 0) is 0 Å². The van der Waals surface area contributed by atoms with Gasteiger partial charge in [0, 0.05) is 29.2 Å². The summed E-state index contributed by atoms with van der Waals surface area (Å²) in [6.07, 6.45) is 2.48. The fourth-order valence-corrected chi connectivity index (χ4v) is 3.57. The van der Waals surface area contributed by atoms with Crippen LogP contribution in [0.5, 0.6) is 0 Å². The highest BCUT2D eigenvalue weighted by Gasteiger charge is 2.36. The fourth-order valence-electron chi connectivity index (χ4n) is 3.21. The zero-order chi connectivity index (χ0) is 13.4. The second-order valence-corrected chi connectivity index (χ2v) is 6.55. The number of rotatable bonds is 1. The lowest BCUT2D eigenvalue weighted by molar-refractivity contribution is 0.0785. The van der Waals surface area contributed by atoms with E-state index in [1.165, 1.54) is 12.8 Å². The van der Waals surface area contributed by atoms with Gasteiger partial charge in [-0.25, -0.2) is 0 Å². The summed E-state index contributed by atoms with van der Waals surface area (Å²) in [7, 11) is 0. The van der Waals surface area contributed by atoms with Crippen LogP contribution in [0.2, 0.25) is 0 Å². The molecule has 102 valence electrons. The molecule has 2 fully saturated rings. The number of piperidine rings is 1. The Kier molecular flexibility index (Phi) is 3.63. The summed E-state index contributed by atoms with van der Waals surface area (Å²) in [5.41, 5.74) is 1.88. The zero-order valence-electron chi connectivity index (χ0n) is 11.2. The predicted octanol–water partition coefficient (Wildman–Crippen LogP) is 2.58. The normalized spacial score (nSPS) is 26.3. The molecule has 4 heteroatoms. The van der Waals surface area contributed by atoms with E-state index in [1.807, 2.05) is 30.0 Å². The van der Waals surface area contributed by atoms with Crippen molar-refractivity contribution >= 4 is 21.8 Å². The number of likely N-dealkylation sites (tertiary alicyclic amines) is 1. The van der Waals surface area contributed by atoms with E-state index in [0.717, 1.165) is 35.2 Å². The SMILES string of the molecule is Cc1ccc(Br)cc1C(=O)N1CC2CCCNC2C1. The highest BCUT2D eigenvalue weighted by Crippen LogP contribution is 2.27. The summed E-state index contributed by atoms with van der Waals surface area (Å²) in [5.74, 6) is 0.820. The Hall–Kier alpha value is -0.870. The molecule has 1 aromatic carbocycles. The quantitative estimate of drug-likeness (QED) is 0.862. The summed E-state index contributed by atoms with van der Waals surface area (Å²) in [6.45, 7) is 4.86. The van der Waals surface area contributed by atoms with Crippen LogP contribution < -0.4 is 5.32 Å². The Morgan fingerprint density at radius 3 is 3.05 bits per heavy atom. The number of aryl methyl sites for hydroxylation is 1. The highest BCUT2D eigenvalue weighted by molar-refractivity contribution is 9.10. The average molecular weight is 323 g/mol. The van der Waals surface area contributed by atoms with Gasteiger partial charge >= 0.3 is 0 Å². The van der Waals surface area contributed by atoms with Crippen molar-refractivity contribution < 1.29 is 4.79 Å². The van der Waals surface area contributed by atoms with Crippen LogP contribution in [-0.4, -0.2) is 36.5 Å². The highest BCUT2D eigenvalue weighted by atomic mass is 79.9. The molecule has 19 heavy (non-hydrogen) atoms. The topological polar surface area (TPSA) is 32.3 Å². The van der Waals surface area contributed by atoms with Crippen LogP contribution in [0, 0.1) is 12.8 Å². The van der Waals surface area contributed by atoms with Gasteiger partial charge in [-0.15, -0.1) is 0 Å². The first-order valence-corrected chi connectivity index (χ1v) is 7.73. The first-order chi connectivity index (χ1) is 9.15. The van der Waals surface area contributed by atoms with Crippen LogP contribution in [0.25, 0.3) is 0 Å². The van der Waals surface area contributed by atoms with Crippen molar-refractivity contribution in [2.45, 2.75) is 25.8 Å². The van der Waals surface area contributed by atoms with Crippen LogP contribution in [0.4, 0.5) is 0 Å². The van der Waals surface area contributed by atoms with Gasteiger partial charge in [0.2, 0.25) is 0 Å². The van der Waals surface area contributed by atoms with E-state index in [-0.39, 0.29) is 5.91 Å². The predicted molar refractivity (Wildman–Crippen MR) is 79.3 cm³/mol. The molecular formula is C15H19BrN2O. The third kappa shape index (κ3) is 2.56. The third-order valence-electron chi connectivity index (χ3n) is 4.32. The smallest absolute Gasteiger partial charge is 0.254 e. The molecule has 1 N–H and O–H groups in total. The number of fused-ring (bicyclic) bond motifs is 1. The summed E-state index contributed by atoms with van der Waals surface area (Å²) < 4.78 is 0.969. The Balaban J connectivity index is 1.79. The van der Waals surface area contributed by atoms with E-state index in [4.69, 9.17) is 0 Å². The van der Waals surface area contributed by atoms with Gasteiger partial charge in [-0.3, -0.25) is 4.79 Å². The molecule has 1 aromatic rings. The van der Waals surface area contributed by atoms with Crippen molar-refractivity contribution in [3.05, 3.63) is 33.8 Å². The number of amides is 1. The maximum absolute atomic E-state index is 12.6. The Labute approximate surface area is 122 Å². The van der Waals surface area contributed by atoms with Crippen molar-refractivity contribution in [3.63, 3.8) is 0 Å². The van der Waals surface area contributed by atoms with Gasteiger partial charge < -0.3 is 10.2 Å². The van der Waals surface area contributed by atoms with Gasteiger partial charge in [0.1, 0.15) is 0 Å². The largest absolute Gasteiger partial charge is 0.337 e. The van der Waals surface area contributed by atoms with Gasteiger partial charge in [-0.1, -0.05) is 22.0 Å². The number of carbonyl (C=O) groups is 1. The lowest BCUT2D eigenvalue weighted by Crippen LogP contribution is -2.41. The molecular weight excluding hydrogens is 304 g/mol. The molecule has 0 aliphatic carbocycles. The van der Waals surface area contributed by atoms with Gasteiger partial charge in [-0.05, 0) is 49.9 Å². The lowest BCUT2D eigenvalue weighted by atomic mass is 9.94.